The van der Waals surface area contributed by atoms with Gasteiger partial charge in [-0.1, -0.05) is 29.8 Å². The van der Waals surface area contributed by atoms with E-state index in [4.69, 9.17) is 10.9 Å². The summed E-state index contributed by atoms with van der Waals surface area (Å²) in [5.41, 5.74) is 8.85. The van der Waals surface area contributed by atoms with Gasteiger partial charge in [-0.25, -0.2) is 13.6 Å². The minimum absolute atomic E-state index is 0. The number of guanidine groups is 1. The number of aliphatic imine (C=N–C) groups is 1. The summed E-state index contributed by atoms with van der Waals surface area (Å²) in [6.45, 7) is 2.52. The lowest BCUT2D eigenvalue weighted by molar-refractivity contribution is 0.598. The van der Waals surface area contributed by atoms with Crippen LogP contribution in [0.4, 0.5) is 5.69 Å². The second-order valence-corrected chi connectivity index (χ2v) is 6.76. The lowest BCUT2D eigenvalue weighted by Crippen LogP contribution is -2.23. The summed E-state index contributed by atoms with van der Waals surface area (Å²) in [6, 6.07) is 14.3. The first-order chi connectivity index (χ1) is 10.8. The number of primary sulfonamides is 1. The van der Waals surface area contributed by atoms with Gasteiger partial charge in [-0.3, -0.25) is 4.99 Å². The molecule has 0 aliphatic carbocycles. The molecule has 0 aromatic heterocycles. The van der Waals surface area contributed by atoms with Crippen molar-refractivity contribution < 1.29 is 8.42 Å². The molecule has 0 bridgehead atoms. The molecule has 0 aliphatic rings. The molecule has 2 rings (SSSR count). The SMILES string of the molecule is Cc1ccc(NC(N)=NCCc2ccc(S(N)(=O)=O)cc2)cc1.I. The van der Waals surface area contributed by atoms with E-state index in [1.54, 1.807) is 12.1 Å². The quantitative estimate of drug-likeness (QED) is 0.361. The average Bonchev–Trinajstić information content (AvgIpc) is 2.49. The molecule has 0 fully saturated rings. The van der Waals surface area contributed by atoms with Gasteiger partial charge in [0.2, 0.25) is 10.0 Å². The molecule has 24 heavy (non-hydrogen) atoms. The van der Waals surface area contributed by atoms with Crippen LogP contribution in [0.1, 0.15) is 11.1 Å². The lowest BCUT2D eigenvalue weighted by Gasteiger charge is -2.06. The van der Waals surface area contributed by atoms with Crippen LogP contribution in [0, 0.1) is 6.92 Å². The number of aryl methyl sites for hydroxylation is 1. The molecule has 0 spiro atoms. The van der Waals surface area contributed by atoms with E-state index in [0.29, 0.717) is 18.9 Å². The van der Waals surface area contributed by atoms with Crippen LogP contribution in [0.15, 0.2) is 58.4 Å². The van der Waals surface area contributed by atoms with Gasteiger partial charge < -0.3 is 11.1 Å². The highest BCUT2D eigenvalue weighted by molar-refractivity contribution is 14.0. The predicted molar refractivity (Wildman–Crippen MR) is 108 cm³/mol. The van der Waals surface area contributed by atoms with Gasteiger partial charge in [0.05, 0.1) is 4.90 Å². The standard InChI is InChI=1S/C16H20N4O2S.HI/c1-12-2-6-14(7-3-12)20-16(17)19-11-10-13-4-8-15(9-5-13)23(18,21)22;/h2-9H,10-11H2,1H3,(H3,17,19,20)(H2,18,21,22);1H. The fourth-order valence-electron chi connectivity index (χ4n) is 1.98. The number of halogens is 1. The molecular formula is C16H21IN4O2S. The van der Waals surface area contributed by atoms with Crippen molar-refractivity contribution in [2.75, 3.05) is 11.9 Å². The Morgan fingerprint density at radius 1 is 1.08 bits per heavy atom. The van der Waals surface area contributed by atoms with Gasteiger partial charge in [0.15, 0.2) is 5.96 Å². The summed E-state index contributed by atoms with van der Waals surface area (Å²) < 4.78 is 22.3. The zero-order valence-electron chi connectivity index (χ0n) is 13.3. The molecule has 0 saturated carbocycles. The highest BCUT2D eigenvalue weighted by Crippen LogP contribution is 2.10. The Morgan fingerprint density at radius 2 is 1.67 bits per heavy atom. The molecule has 0 aliphatic heterocycles. The molecule has 0 saturated heterocycles. The van der Waals surface area contributed by atoms with Crippen molar-refractivity contribution >= 4 is 45.6 Å². The number of benzene rings is 2. The molecule has 6 nitrogen and oxygen atoms in total. The van der Waals surface area contributed by atoms with Gasteiger partial charge in [0, 0.05) is 12.2 Å². The number of rotatable bonds is 5. The summed E-state index contributed by atoms with van der Waals surface area (Å²) in [5.74, 6) is 0.343. The third kappa shape index (κ3) is 6.46. The van der Waals surface area contributed by atoms with Gasteiger partial charge in [-0.05, 0) is 43.2 Å². The van der Waals surface area contributed by atoms with Crippen LogP contribution in [-0.2, 0) is 16.4 Å². The van der Waals surface area contributed by atoms with Crippen LogP contribution in [-0.4, -0.2) is 20.9 Å². The highest BCUT2D eigenvalue weighted by atomic mass is 127. The van der Waals surface area contributed by atoms with E-state index in [1.165, 1.54) is 17.7 Å². The molecule has 130 valence electrons. The van der Waals surface area contributed by atoms with E-state index >= 15 is 0 Å². The van der Waals surface area contributed by atoms with Crippen molar-refractivity contribution in [1.82, 2.24) is 0 Å². The molecule has 8 heteroatoms. The maximum Gasteiger partial charge on any atom is 0.238 e. The monoisotopic (exact) mass is 460 g/mol. The molecule has 5 N–H and O–H groups in total. The number of nitrogens with two attached hydrogens (primary N) is 2. The molecule has 0 atom stereocenters. The van der Waals surface area contributed by atoms with Crippen molar-refractivity contribution in [1.29, 1.82) is 0 Å². The maximum absolute atomic E-state index is 11.2. The Bertz CT molecular complexity index is 788. The zero-order valence-corrected chi connectivity index (χ0v) is 16.4. The molecule has 0 heterocycles. The summed E-state index contributed by atoms with van der Waals surface area (Å²) in [5, 5.41) is 8.07. The Hall–Kier alpha value is -1.65. The van der Waals surface area contributed by atoms with Crippen LogP contribution in [0.5, 0.6) is 0 Å². The Kier molecular flexibility index (Phi) is 7.64. The Balaban J connectivity index is 0.00000288. The number of nitrogens with zero attached hydrogens (tertiary/aromatic N) is 1. The zero-order chi connectivity index (χ0) is 16.9. The van der Waals surface area contributed by atoms with Gasteiger partial charge in [0.1, 0.15) is 0 Å². The Morgan fingerprint density at radius 3 is 2.21 bits per heavy atom. The first-order valence-corrected chi connectivity index (χ1v) is 8.64. The summed E-state index contributed by atoms with van der Waals surface area (Å²) in [7, 11) is -3.65. The van der Waals surface area contributed by atoms with Crippen molar-refractivity contribution in [3.8, 4) is 0 Å². The van der Waals surface area contributed by atoms with E-state index < -0.39 is 10.0 Å². The van der Waals surface area contributed by atoms with Crippen LogP contribution in [0.2, 0.25) is 0 Å². The fraction of sp³-hybridized carbons (Fsp3) is 0.188. The van der Waals surface area contributed by atoms with Crippen LogP contribution >= 0.6 is 24.0 Å². The third-order valence-corrected chi connectivity index (χ3v) is 4.19. The van der Waals surface area contributed by atoms with E-state index in [-0.39, 0.29) is 28.9 Å². The molecule has 0 radical (unpaired) electrons. The number of anilines is 1. The molecule has 2 aromatic rings. The van der Waals surface area contributed by atoms with Crippen molar-refractivity contribution in [2.24, 2.45) is 15.9 Å². The van der Waals surface area contributed by atoms with Crippen molar-refractivity contribution in [3.63, 3.8) is 0 Å². The smallest absolute Gasteiger partial charge is 0.238 e. The Labute approximate surface area is 159 Å². The second-order valence-electron chi connectivity index (χ2n) is 5.20. The van der Waals surface area contributed by atoms with Gasteiger partial charge >= 0.3 is 0 Å². The minimum atomic E-state index is -3.65. The van der Waals surface area contributed by atoms with Gasteiger partial charge in [0.25, 0.3) is 0 Å². The van der Waals surface area contributed by atoms with E-state index in [9.17, 15) is 8.42 Å². The molecule has 0 amide bonds. The van der Waals surface area contributed by atoms with Crippen LogP contribution in [0.3, 0.4) is 0 Å². The summed E-state index contributed by atoms with van der Waals surface area (Å²) >= 11 is 0. The fourth-order valence-corrected chi connectivity index (χ4v) is 2.49. The number of sulfonamides is 1. The highest BCUT2D eigenvalue weighted by Gasteiger charge is 2.06. The first kappa shape index (κ1) is 20.4. The topological polar surface area (TPSA) is 111 Å². The molecule has 2 aromatic carbocycles. The average molecular weight is 460 g/mol. The van der Waals surface area contributed by atoms with Gasteiger partial charge in [-0.2, -0.15) is 0 Å². The van der Waals surface area contributed by atoms with Gasteiger partial charge in [-0.15, -0.1) is 24.0 Å². The van der Waals surface area contributed by atoms with Crippen LogP contribution < -0.4 is 16.2 Å². The maximum atomic E-state index is 11.2. The summed E-state index contributed by atoms with van der Waals surface area (Å²) in [6.07, 6.45) is 0.654. The lowest BCUT2D eigenvalue weighted by atomic mass is 10.1. The minimum Gasteiger partial charge on any atom is -0.370 e. The number of hydrogen-bond acceptors (Lipinski definition) is 3. The van der Waals surface area contributed by atoms with E-state index in [1.807, 2.05) is 31.2 Å². The normalized spacial score (nSPS) is 11.7. The third-order valence-electron chi connectivity index (χ3n) is 3.26. The van der Waals surface area contributed by atoms with Crippen molar-refractivity contribution in [2.45, 2.75) is 18.2 Å². The first-order valence-electron chi connectivity index (χ1n) is 7.10. The number of nitrogens with one attached hydrogen (secondary N) is 1. The van der Waals surface area contributed by atoms with Crippen molar-refractivity contribution in [3.05, 3.63) is 59.7 Å². The largest absolute Gasteiger partial charge is 0.370 e. The van der Waals surface area contributed by atoms with E-state index in [0.717, 1.165) is 11.3 Å². The second kappa shape index (κ2) is 9.00. The van der Waals surface area contributed by atoms with E-state index in [2.05, 4.69) is 10.3 Å². The predicted octanol–water partition coefficient (Wildman–Crippen LogP) is 2.23. The summed E-state index contributed by atoms with van der Waals surface area (Å²) in [4.78, 5) is 4.35. The molecule has 0 unspecified atom stereocenters. The molecular weight excluding hydrogens is 439 g/mol. The van der Waals surface area contributed by atoms with Crippen LogP contribution in [0.25, 0.3) is 0 Å². The number of hydrogen-bond donors (Lipinski definition) is 3.